The van der Waals surface area contributed by atoms with Crippen molar-refractivity contribution in [1.82, 2.24) is 4.90 Å². The molecule has 4 rings (SSSR count). The Morgan fingerprint density at radius 3 is 2.30 bits per heavy atom. The second-order valence-corrected chi connectivity index (χ2v) is 17.1. The number of Topliss-reactive ketones (excluding diaryl/α,β-unsaturated/α-hetero) is 1. The molecule has 1 aliphatic carbocycles. The Hall–Kier alpha value is -2.74. The normalized spacial score (nSPS) is 40.5. The number of amides is 1. The number of fused-ring (bicyclic) bond motifs is 3. The molecular formula is C44H69NO11. The maximum Gasteiger partial charge on any atom is 0.329 e. The topological polar surface area (TPSA) is 158 Å². The molecule has 3 aliphatic heterocycles. The van der Waals surface area contributed by atoms with Crippen LogP contribution in [-0.4, -0.2) is 115 Å². The third kappa shape index (κ3) is 11.0. The third-order valence-corrected chi connectivity index (χ3v) is 12.6. The molecule has 3 fully saturated rings. The lowest BCUT2D eigenvalue weighted by Gasteiger charge is -2.47. The van der Waals surface area contributed by atoms with Crippen molar-refractivity contribution in [1.29, 1.82) is 0 Å². The van der Waals surface area contributed by atoms with E-state index in [0.29, 0.717) is 44.9 Å². The van der Waals surface area contributed by atoms with Gasteiger partial charge in [0.05, 0.1) is 24.4 Å². The lowest BCUT2D eigenvalue weighted by Crippen LogP contribution is -2.64. The minimum absolute atomic E-state index is 0.0308. The van der Waals surface area contributed by atoms with E-state index in [9.17, 15) is 29.4 Å². The van der Waals surface area contributed by atoms with Gasteiger partial charge in [-0.15, -0.1) is 0 Å². The number of hydrogen-bond acceptors (Lipinski definition) is 11. The van der Waals surface area contributed by atoms with E-state index in [0.717, 1.165) is 24.0 Å². The van der Waals surface area contributed by atoms with Crippen LogP contribution in [0.5, 0.6) is 0 Å². The predicted octanol–water partition coefficient (Wildman–Crippen LogP) is 5.67. The van der Waals surface area contributed by atoms with Gasteiger partial charge in [-0.05, 0) is 102 Å². The Balaban J connectivity index is 1.77. The van der Waals surface area contributed by atoms with Gasteiger partial charge >= 0.3 is 5.97 Å². The number of hydrogen-bond donors (Lipinski definition) is 2. The van der Waals surface area contributed by atoms with Gasteiger partial charge in [0.25, 0.3) is 11.7 Å². The molecule has 12 nitrogen and oxygen atoms in total. The number of carbonyl (C=O) groups is 4. The van der Waals surface area contributed by atoms with E-state index in [1.807, 2.05) is 26.8 Å². The smallest absolute Gasteiger partial charge is 0.329 e. The molecule has 2 saturated heterocycles. The summed E-state index contributed by atoms with van der Waals surface area (Å²) in [6.45, 7) is 11.7. The predicted molar refractivity (Wildman–Crippen MR) is 211 cm³/mol. The van der Waals surface area contributed by atoms with Gasteiger partial charge in [-0.3, -0.25) is 14.4 Å². The lowest BCUT2D eigenvalue weighted by atomic mass is 9.82. The molecule has 56 heavy (non-hydrogen) atoms. The van der Waals surface area contributed by atoms with Crippen LogP contribution in [0.4, 0.5) is 0 Å². The first-order chi connectivity index (χ1) is 26.6. The highest BCUT2D eigenvalue weighted by Crippen LogP contribution is 2.39. The number of carbonyl (C=O) groups excluding carboxylic acids is 4. The van der Waals surface area contributed by atoms with Crippen molar-refractivity contribution in [3.8, 4) is 0 Å². The van der Waals surface area contributed by atoms with Crippen molar-refractivity contribution >= 4 is 23.4 Å². The standard InChI is InChI=1S/C44H69NO11/c1-10-13-32-21-26(2)20-27(3)22-37(53-8)40-38(54-9)24-30(6)44(51,56-40)41(48)42(49)45-19-12-11-14-33(45)43(50)55-39(28(4)15-17-34(32)46)29(5)23-31-16-18-35(47)36(25-31)52-7/h15,17,21,23,27-28,30-33,35-40,47,51H,10-14,16,18-20,22,24-25H2,1-9H3/b17-15+,26-21+,29-23?. The number of allylic oxidation sites excluding steroid dienone is 4. The third-order valence-electron chi connectivity index (χ3n) is 12.6. The van der Waals surface area contributed by atoms with E-state index in [-0.39, 0.29) is 49.0 Å². The zero-order chi connectivity index (χ0) is 41.3. The van der Waals surface area contributed by atoms with Crippen molar-refractivity contribution in [3.05, 3.63) is 35.5 Å². The van der Waals surface area contributed by atoms with Crippen LogP contribution >= 0.6 is 0 Å². The minimum Gasteiger partial charge on any atom is -0.456 e. The minimum atomic E-state index is -2.47. The summed E-state index contributed by atoms with van der Waals surface area (Å²) in [6.07, 6.45) is 10.2. The molecule has 1 saturated carbocycles. The fourth-order valence-corrected chi connectivity index (χ4v) is 9.30. The Morgan fingerprint density at radius 1 is 0.964 bits per heavy atom. The van der Waals surface area contributed by atoms with E-state index < -0.39 is 71.8 Å². The first kappa shape index (κ1) is 46.0. The molecule has 4 aliphatic rings. The first-order valence-corrected chi connectivity index (χ1v) is 20.9. The molecule has 13 unspecified atom stereocenters. The number of ketones is 2. The van der Waals surface area contributed by atoms with Gasteiger partial charge in [-0.2, -0.15) is 0 Å². The maximum atomic E-state index is 14.3. The molecule has 1 amide bonds. The molecule has 2 bridgehead atoms. The Labute approximate surface area is 334 Å². The van der Waals surface area contributed by atoms with Crippen molar-refractivity contribution in [2.24, 2.45) is 29.6 Å². The average molecular weight is 788 g/mol. The van der Waals surface area contributed by atoms with Crippen LogP contribution in [0, 0.1) is 29.6 Å². The monoisotopic (exact) mass is 787 g/mol. The van der Waals surface area contributed by atoms with Crippen molar-refractivity contribution in [2.45, 2.75) is 161 Å². The molecule has 0 aromatic carbocycles. The molecular weight excluding hydrogens is 718 g/mol. The van der Waals surface area contributed by atoms with Crippen LogP contribution in [0.15, 0.2) is 35.5 Å². The molecule has 13 atom stereocenters. The van der Waals surface area contributed by atoms with E-state index in [4.69, 9.17) is 23.7 Å². The van der Waals surface area contributed by atoms with Crippen molar-refractivity contribution in [3.63, 3.8) is 0 Å². The SMILES string of the molecule is CCCC1/C=C(\C)CC(C)CC(OC)C2OC(O)(C(=O)C(=O)N3CCCCC3C(=O)OC(C(C)=CC3CCC(O)C(OC)C3)C(C)/C=C/C1=O)C(C)CC2OC. The summed E-state index contributed by atoms with van der Waals surface area (Å²) in [4.78, 5) is 57.7. The highest BCUT2D eigenvalue weighted by atomic mass is 16.7. The zero-order valence-corrected chi connectivity index (χ0v) is 35.2. The van der Waals surface area contributed by atoms with Gasteiger partial charge in [0, 0.05) is 45.6 Å². The van der Waals surface area contributed by atoms with E-state index >= 15 is 0 Å². The van der Waals surface area contributed by atoms with Crippen LogP contribution in [0.3, 0.4) is 0 Å². The number of methoxy groups -OCH3 is 3. The fraction of sp³-hybridized carbons (Fsp3) is 0.773. The summed E-state index contributed by atoms with van der Waals surface area (Å²) >= 11 is 0. The van der Waals surface area contributed by atoms with Crippen LogP contribution in [0.1, 0.15) is 112 Å². The van der Waals surface area contributed by atoms with Gasteiger partial charge in [-0.25, -0.2) is 4.79 Å². The molecule has 0 aromatic rings. The number of cyclic esters (lactones) is 1. The Bertz CT molecular complexity index is 1460. The molecule has 316 valence electrons. The summed E-state index contributed by atoms with van der Waals surface area (Å²) in [6, 6.07) is -1.07. The second-order valence-electron chi connectivity index (χ2n) is 17.1. The molecule has 2 N–H and O–H groups in total. The average Bonchev–Trinajstić information content (AvgIpc) is 3.18. The number of esters is 1. The van der Waals surface area contributed by atoms with Crippen LogP contribution in [-0.2, 0) is 42.9 Å². The highest BCUT2D eigenvalue weighted by Gasteiger charge is 2.56. The van der Waals surface area contributed by atoms with Gasteiger partial charge in [0.1, 0.15) is 18.2 Å². The number of nitrogens with zero attached hydrogens (tertiary/aromatic N) is 1. The van der Waals surface area contributed by atoms with Crippen LogP contribution in [0.2, 0.25) is 0 Å². The Morgan fingerprint density at radius 2 is 1.64 bits per heavy atom. The number of rotatable bonds is 7. The van der Waals surface area contributed by atoms with Crippen molar-refractivity contribution in [2.75, 3.05) is 27.9 Å². The van der Waals surface area contributed by atoms with Crippen molar-refractivity contribution < 1.29 is 53.1 Å². The van der Waals surface area contributed by atoms with Crippen LogP contribution < -0.4 is 0 Å². The molecule has 12 heteroatoms. The highest BCUT2D eigenvalue weighted by molar-refractivity contribution is 6.39. The number of aliphatic hydroxyl groups excluding tert-OH is 1. The number of piperidine rings is 1. The zero-order valence-electron chi connectivity index (χ0n) is 35.2. The summed E-state index contributed by atoms with van der Waals surface area (Å²) in [5.74, 6) is -6.70. The largest absolute Gasteiger partial charge is 0.456 e. The first-order valence-electron chi connectivity index (χ1n) is 20.9. The number of ether oxygens (including phenoxy) is 5. The summed E-state index contributed by atoms with van der Waals surface area (Å²) < 4.78 is 29.9. The quantitative estimate of drug-likeness (QED) is 0.186. The molecule has 3 heterocycles. The second kappa shape index (κ2) is 20.8. The molecule has 0 radical (unpaired) electrons. The van der Waals surface area contributed by atoms with Gasteiger partial charge in [0.15, 0.2) is 5.78 Å². The van der Waals surface area contributed by atoms with E-state index in [1.165, 1.54) is 4.90 Å². The van der Waals surface area contributed by atoms with E-state index in [2.05, 4.69) is 19.9 Å². The summed E-state index contributed by atoms with van der Waals surface area (Å²) in [7, 11) is 4.68. The van der Waals surface area contributed by atoms with Gasteiger partial charge < -0.3 is 38.8 Å². The maximum absolute atomic E-state index is 14.3. The van der Waals surface area contributed by atoms with Gasteiger partial charge in [-0.1, -0.05) is 57.9 Å². The van der Waals surface area contributed by atoms with Crippen LogP contribution in [0.25, 0.3) is 0 Å². The fourth-order valence-electron chi connectivity index (χ4n) is 9.30. The Kier molecular flexibility index (Phi) is 17.1. The lowest BCUT2D eigenvalue weighted by molar-refractivity contribution is -0.302. The molecule has 0 spiro atoms. The number of aliphatic hydroxyl groups is 2. The summed E-state index contributed by atoms with van der Waals surface area (Å²) in [5.41, 5.74) is 1.84. The van der Waals surface area contributed by atoms with Gasteiger partial charge in [0.2, 0.25) is 5.79 Å². The molecule has 0 aromatic heterocycles. The van der Waals surface area contributed by atoms with E-state index in [1.54, 1.807) is 40.4 Å². The summed E-state index contributed by atoms with van der Waals surface area (Å²) in [5, 5.41) is 22.4.